The summed E-state index contributed by atoms with van der Waals surface area (Å²) in [6.45, 7) is 4.26. The van der Waals surface area contributed by atoms with Gasteiger partial charge < -0.3 is 4.74 Å². The Bertz CT molecular complexity index is 904. The second-order valence-electron chi connectivity index (χ2n) is 7.00. The number of ether oxygens (including phenoxy) is 1. The largest absolute Gasteiger partial charge is 0.377 e. The van der Waals surface area contributed by atoms with Crippen molar-refractivity contribution in [3.63, 3.8) is 0 Å². The second-order valence-corrected chi connectivity index (χ2v) is 11.1. The van der Waals surface area contributed by atoms with Gasteiger partial charge in [0.2, 0.25) is 9.84 Å². The summed E-state index contributed by atoms with van der Waals surface area (Å²) in [6.07, 6.45) is 3.49. The average Bonchev–Trinajstić information content (AvgIpc) is 2.66. The lowest BCUT2D eigenvalue weighted by Crippen LogP contribution is -2.30. The third-order valence-electron chi connectivity index (χ3n) is 5.40. The molecule has 0 N–H and O–H groups in total. The van der Waals surface area contributed by atoms with Crippen molar-refractivity contribution in [2.45, 2.75) is 43.2 Å². The molecule has 0 aromatic heterocycles. The zero-order valence-electron chi connectivity index (χ0n) is 15.6. The maximum Gasteiger partial charge on any atom is 0.202 e. The van der Waals surface area contributed by atoms with Crippen LogP contribution in [0.25, 0.3) is 0 Å². The lowest BCUT2D eigenvalue weighted by Gasteiger charge is -2.28. The smallest absolute Gasteiger partial charge is 0.202 e. The van der Waals surface area contributed by atoms with Crippen molar-refractivity contribution in [1.82, 2.24) is 0 Å². The van der Waals surface area contributed by atoms with Crippen LogP contribution in [0.15, 0.2) is 64.4 Å². The Morgan fingerprint density at radius 3 is 2.42 bits per heavy atom. The summed E-state index contributed by atoms with van der Waals surface area (Å²) in [6, 6.07) is 15.1. The van der Waals surface area contributed by atoms with E-state index in [4.69, 9.17) is 4.74 Å². The molecule has 0 bridgehead atoms. The van der Waals surface area contributed by atoms with Crippen molar-refractivity contribution >= 4 is 24.5 Å². The van der Waals surface area contributed by atoms with E-state index in [1.807, 2.05) is 12.1 Å². The zero-order valence-corrected chi connectivity index (χ0v) is 17.8. The Morgan fingerprint density at radius 2 is 1.73 bits per heavy atom. The Kier molecular flexibility index (Phi) is 5.80. The fraction of sp³-hybridized carbons (Fsp3) is 0.333. The Morgan fingerprint density at radius 1 is 1.00 bits per heavy atom. The van der Waals surface area contributed by atoms with Gasteiger partial charge in [-0.3, -0.25) is 0 Å². The quantitative estimate of drug-likeness (QED) is 0.742. The van der Waals surface area contributed by atoms with Crippen molar-refractivity contribution in [2.75, 3.05) is 7.11 Å². The normalized spacial score (nSPS) is 21.1. The molecule has 2 unspecified atom stereocenters. The molecule has 1 aliphatic carbocycles. The van der Waals surface area contributed by atoms with E-state index in [9.17, 15) is 8.42 Å². The minimum atomic E-state index is -3.48. The third kappa shape index (κ3) is 3.85. The van der Waals surface area contributed by atoms with Gasteiger partial charge in [-0.15, -0.1) is 0 Å². The molecule has 0 radical (unpaired) electrons. The Balaban J connectivity index is 2.00. The van der Waals surface area contributed by atoms with Gasteiger partial charge in [0.05, 0.1) is 20.5 Å². The van der Waals surface area contributed by atoms with Gasteiger partial charge in [-0.05, 0) is 61.6 Å². The number of hydrogen-bond acceptors (Lipinski definition) is 3. The van der Waals surface area contributed by atoms with E-state index >= 15 is 0 Å². The van der Waals surface area contributed by atoms with Crippen molar-refractivity contribution in [1.29, 1.82) is 0 Å². The SMILES string of the molecule is COC1C=C(S(=O)(=O)c2ccccc2)C([SiH2]c2cccc(C)c2C)CC1. The van der Waals surface area contributed by atoms with Crippen LogP contribution in [0.5, 0.6) is 0 Å². The Labute approximate surface area is 158 Å². The first-order chi connectivity index (χ1) is 12.4. The predicted molar refractivity (Wildman–Crippen MR) is 110 cm³/mol. The topological polar surface area (TPSA) is 43.4 Å². The number of rotatable bonds is 5. The van der Waals surface area contributed by atoms with Crippen LogP contribution in [0.1, 0.15) is 24.0 Å². The van der Waals surface area contributed by atoms with E-state index in [0.29, 0.717) is 9.80 Å². The van der Waals surface area contributed by atoms with Gasteiger partial charge in [-0.2, -0.15) is 0 Å². The summed E-state index contributed by atoms with van der Waals surface area (Å²) in [5.74, 6) is 0. The summed E-state index contributed by atoms with van der Waals surface area (Å²) in [7, 11) is -2.61. The number of sulfone groups is 1. The molecule has 2 atom stereocenters. The number of allylic oxidation sites excluding steroid dienone is 1. The van der Waals surface area contributed by atoms with Crippen LogP contribution in [0.3, 0.4) is 0 Å². The third-order valence-corrected chi connectivity index (χ3v) is 10.2. The van der Waals surface area contributed by atoms with Crippen molar-refractivity contribution < 1.29 is 13.2 Å². The second kappa shape index (κ2) is 7.90. The number of methoxy groups -OCH3 is 1. The van der Waals surface area contributed by atoms with Crippen LogP contribution >= 0.6 is 0 Å². The van der Waals surface area contributed by atoms with Crippen molar-refractivity contribution in [3.05, 3.63) is 70.6 Å². The van der Waals surface area contributed by atoms with Gasteiger partial charge in [0.1, 0.15) is 0 Å². The van der Waals surface area contributed by atoms with Crippen LogP contribution in [0.4, 0.5) is 0 Å². The molecule has 0 aliphatic heterocycles. The molecule has 138 valence electrons. The van der Waals surface area contributed by atoms with Crippen molar-refractivity contribution in [2.24, 2.45) is 0 Å². The van der Waals surface area contributed by atoms with Crippen LogP contribution in [0, 0.1) is 13.8 Å². The highest BCUT2D eigenvalue weighted by Crippen LogP contribution is 2.37. The fourth-order valence-corrected chi connectivity index (χ4v) is 8.39. The summed E-state index contributed by atoms with van der Waals surface area (Å²) < 4.78 is 32.1. The minimum Gasteiger partial charge on any atom is -0.377 e. The lowest BCUT2D eigenvalue weighted by molar-refractivity contribution is 0.127. The first kappa shape index (κ1) is 19.1. The molecule has 0 saturated carbocycles. The zero-order chi connectivity index (χ0) is 18.7. The molecule has 0 fully saturated rings. The molecule has 0 spiro atoms. The number of benzene rings is 2. The van der Waals surface area contributed by atoms with Crippen LogP contribution in [0.2, 0.25) is 5.54 Å². The van der Waals surface area contributed by atoms with E-state index in [1.165, 1.54) is 16.3 Å². The highest BCUT2D eigenvalue weighted by atomic mass is 32.2. The maximum atomic E-state index is 13.3. The van der Waals surface area contributed by atoms with Crippen molar-refractivity contribution in [3.8, 4) is 0 Å². The maximum absolute atomic E-state index is 13.3. The van der Waals surface area contributed by atoms with Gasteiger partial charge in [0, 0.05) is 12.0 Å². The average molecular weight is 387 g/mol. The molecule has 2 aromatic carbocycles. The van der Waals surface area contributed by atoms with E-state index in [2.05, 4.69) is 32.0 Å². The minimum absolute atomic E-state index is 0.118. The first-order valence-corrected chi connectivity index (χ1v) is 12.0. The standard InChI is InChI=1S/C21H26O3SSi/c1-15-8-7-11-20(16(15)2)26-21-13-12-17(24-3)14-19(21)25(22,23)18-9-5-4-6-10-18/h4-11,14,17,21H,12-13,26H2,1-3H3. The molecular formula is C21H26O3SSi. The summed E-state index contributed by atoms with van der Waals surface area (Å²) in [5, 5.41) is 1.36. The van der Waals surface area contributed by atoms with Gasteiger partial charge in [0.25, 0.3) is 0 Å². The molecule has 0 amide bonds. The molecule has 3 rings (SSSR count). The van der Waals surface area contributed by atoms with Crippen LogP contribution in [-0.4, -0.2) is 31.2 Å². The molecule has 2 aromatic rings. The van der Waals surface area contributed by atoms with Crippen LogP contribution in [-0.2, 0) is 14.6 Å². The summed E-state index contributed by atoms with van der Waals surface area (Å²) in [5.41, 5.74) is 2.70. The molecule has 26 heavy (non-hydrogen) atoms. The highest BCUT2D eigenvalue weighted by molar-refractivity contribution is 7.95. The highest BCUT2D eigenvalue weighted by Gasteiger charge is 2.33. The van der Waals surface area contributed by atoms with Gasteiger partial charge in [-0.1, -0.05) is 41.6 Å². The molecule has 0 heterocycles. The predicted octanol–water partition coefficient (Wildman–Crippen LogP) is 3.05. The van der Waals surface area contributed by atoms with E-state index in [-0.39, 0.29) is 11.6 Å². The lowest BCUT2D eigenvalue weighted by atomic mass is 10.0. The molecule has 1 aliphatic rings. The van der Waals surface area contributed by atoms with Gasteiger partial charge >= 0.3 is 0 Å². The van der Waals surface area contributed by atoms with E-state index in [1.54, 1.807) is 31.4 Å². The number of aryl methyl sites for hydroxylation is 1. The summed E-state index contributed by atoms with van der Waals surface area (Å²) >= 11 is 0. The molecule has 3 nitrogen and oxygen atoms in total. The summed E-state index contributed by atoms with van der Waals surface area (Å²) in [4.78, 5) is 0.942. The van der Waals surface area contributed by atoms with Gasteiger partial charge in [-0.25, -0.2) is 8.42 Å². The van der Waals surface area contributed by atoms with E-state index in [0.717, 1.165) is 12.8 Å². The Hall–Kier alpha value is -1.69. The van der Waals surface area contributed by atoms with Gasteiger partial charge in [0.15, 0.2) is 0 Å². The molecule has 0 saturated heterocycles. The first-order valence-electron chi connectivity index (χ1n) is 9.03. The molecular weight excluding hydrogens is 360 g/mol. The number of hydrogen-bond donors (Lipinski definition) is 0. The monoisotopic (exact) mass is 386 g/mol. The van der Waals surface area contributed by atoms with Crippen LogP contribution < -0.4 is 5.19 Å². The molecule has 5 heteroatoms. The fourth-order valence-electron chi connectivity index (χ4n) is 3.64. The van der Waals surface area contributed by atoms with E-state index < -0.39 is 19.4 Å².